The molecule has 0 radical (unpaired) electrons. The summed E-state index contributed by atoms with van der Waals surface area (Å²) in [5, 5.41) is 2.00. The Morgan fingerprint density at radius 1 is 1.21 bits per heavy atom. The molecule has 2 rings (SSSR count). The number of benzene rings is 1. The summed E-state index contributed by atoms with van der Waals surface area (Å²) in [5.41, 5.74) is 0.800. The molecule has 1 heterocycles. The zero-order chi connectivity index (χ0) is 13.3. The van der Waals surface area contributed by atoms with Crippen LogP contribution in [0.2, 0.25) is 0 Å². The Morgan fingerprint density at radius 2 is 2.05 bits per heavy atom. The molecule has 0 amide bonds. The van der Waals surface area contributed by atoms with Crippen molar-refractivity contribution in [3.8, 4) is 11.8 Å². The third-order valence-electron chi connectivity index (χ3n) is 2.22. The van der Waals surface area contributed by atoms with E-state index in [1.807, 2.05) is 53.9 Å². The highest BCUT2D eigenvalue weighted by molar-refractivity contribution is 7.10. The summed E-state index contributed by atoms with van der Waals surface area (Å²) in [7, 11) is 0. The van der Waals surface area contributed by atoms with Crippen molar-refractivity contribution in [2.45, 2.75) is 0 Å². The summed E-state index contributed by atoms with van der Waals surface area (Å²) in [6, 6.07) is 13.3. The minimum atomic E-state index is -0.514. The Labute approximate surface area is 116 Å². The minimum absolute atomic E-state index is 0.236. The van der Waals surface area contributed by atoms with E-state index in [2.05, 4.69) is 11.8 Å². The molecule has 0 atom stereocenters. The molecule has 0 aliphatic heterocycles. The van der Waals surface area contributed by atoms with Gasteiger partial charge < -0.3 is 4.74 Å². The first kappa shape index (κ1) is 13.1. The molecule has 0 aliphatic rings. The molecule has 0 saturated carbocycles. The van der Waals surface area contributed by atoms with Gasteiger partial charge in [-0.1, -0.05) is 30.2 Å². The van der Waals surface area contributed by atoms with Gasteiger partial charge in [-0.25, -0.2) is 4.79 Å². The third-order valence-corrected chi connectivity index (χ3v) is 3.06. The molecule has 2 nitrogen and oxygen atoms in total. The van der Waals surface area contributed by atoms with Crippen LogP contribution >= 0.6 is 11.3 Å². The lowest BCUT2D eigenvalue weighted by atomic mass is 10.2. The minimum Gasteiger partial charge on any atom is -0.452 e. The fraction of sp³-hybridized carbons (Fsp3) is 0.0625. The van der Waals surface area contributed by atoms with E-state index in [-0.39, 0.29) is 6.61 Å². The maximum absolute atomic E-state index is 11.4. The van der Waals surface area contributed by atoms with Crippen molar-refractivity contribution in [3.05, 3.63) is 64.4 Å². The summed E-state index contributed by atoms with van der Waals surface area (Å²) in [4.78, 5) is 12.5. The van der Waals surface area contributed by atoms with E-state index in [4.69, 9.17) is 4.74 Å². The van der Waals surface area contributed by atoms with Crippen LogP contribution in [-0.4, -0.2) is 12.6 Å². The molecular formula is C16H12O2S. The third kappa shape index (κ3) is 4.82. The molecule has 0 unspecified atom stereocenters. The maximum atomic E-state index is 11.4. The maximum Gasteiger partial charge on any atom is 0.385 e. The van der Waals surface area contributed by atoms with Crippen LogP contribution in [0.4, 0.5) is 0 Å². The molecule has 0 spiro atoms. The van der Waals surface area contributed by atoms with Crippen molar-refractivity contribution in [2.75, 3.05) is 6.61 Å². The van der Waals surface area contributed by atoms with Crippen molar-refractivity contribution in [1.82, 2.24) is 0 Å². The second-order valence-corrected chi connectivity index (χ2v) is 4.61. The number of rotatable bonds is 3. The van der Waals surface area contributed by atoms with Gasteiger partial charge in [0.25, 0.3) is 0 Å². The summed E-state index contributed by atoms with van der Waals surface area (Å²) in [6.45, 7) is 0.236. The van der Waals surface area contributed by atoms with Gasteiger partial charge in [0.05, 0.1) is 0 Å². The zero-order valence-electron chi connectivity index (χ0n) is 10.2. The van der Waals surface area contributed by atoms with Gasteiger partial charge in [-0.15, -0.1) is 11.3 Å². The van der Waals surface area contributed by atoms with Gasteiger partial charge in [0.15, 0.2) is 0 Å². The van der Waals surface area contributed by atoms with Gasteiger partial charge in [-0.3, -0.25) is 0 Å². The first-order valence-electron chi connectivity index (χ1n) is 5.78. The summed E-state index contributed by atoms with van der Waals surface area (Å²) in [5.74, 6) is 4.69. The van der Waals surface area contributed by atoms with E-state index in [9.17, 15) is 4.79 Å². The predicted octanol–water partition coefficient (Wildman–Crippen LogP) is 3.36. The first-order chi connectivity index (χ1) is 9.34. The van der Waals surface area contributed by atoms with Crippen LogP contribution in [0.15, 0.2) is 53.9 Å². The van der Waals surface area contributed by atoms with Crippen molar-refractivity contribution in [3.63, 3.8) is 0 Å². The number of carbonyl (C=O) groups is 1. The van der Waals surface area contributed by atoms with E-state index < -0.39 is 5.97 Å². The topological polar surface area (TPSA) is 26.3 Å². The highest BCUT2D eigenvalue weighted by Gasteiger charge is 1.94. The summed E-state index contributed by atoms with van der Waals surface area (Å²) >= 11 is 1.63. The molecule has 1 aromatic carbocycles. The Bertz CT molecular complexity index is 601. The second-order valence-electron chi connectivity index (χ2n) is 3.63. The van der Waals surface area contributed by atoms with E-state index in [0.29, 0.717) is 0 Å². The quantitative estimate of drug-likeness (QED) is 0.630. The molecule has 1 aromatic heterocycles. The smallest absolute Gasteiger partial charge is 0.385 e. The molecule has 2 aromatic rings. The van der Waals surface area contributed by atoms with Gasteiger partial charge in [0.1, 0.15) is 6.61 Å². The Balaban J connectivity index is 1.78. The van der Waals surface area contributed by atoms with Crippen molar-refractivity contribution < 1.29 is 9.53 Å². The largest absolute Gasteiger partial charge is 0.452 e. The SMILES string of the molecule is O=C(C#Cc1ccccc1)OC/C=C/c1cccs1. The van der Waals surface area contributed by atoms with Crippen LogP contribution in [0, 0.1) is 11.8 Å². The van der Waals surface area contributed by atoms with Crippen LogP contribution in [0.5, 0.6) is 0 Å². The van der Waals surface area contributed by atoms with Crippen LogP contribution in [0.3, 0.4) is 0 Å². The van der Waals surface area contributed by atoms with Crippen molar-refractivity contribution in [1.29, 1.82) is 0 Å². The zero-order valence-corrected chi connectivity index (χ0v) is 11.0. The van der Waals surface area contributed by atoms with Crippen LogP contribution in [0.25, 0.3) is 6.08 Å². The normalized spacial score (nSPS) is 9.89. The van der Waals surface area contributed by atoms with Gasteiger partial charge in [0.2, 0.25) is 0 Å². The van der Waals surface area contributed by atoms with Crippen LogP contribution in [-0.2, 0) is 9.53 Å². The molecule has 0 N–H and O–H groups in total. The number of esters is 1. The first-order valence-corrected chi connectivity index (χ1v) is 6.66. The lowest BCUT2D eigenvalue weighted by molar-refractivity contribution is -0.135. The molecule has 0 aliphatic carbocycles. The van der Waals surface area contributed by atoms with E-state index >= 15 is 0 Å². The standard InChI is InChI=1S/C16H12O2S/c17-16(11-10-14-6-2-1-3-7-14)18-12-4-8-15-9-5-13-19-15/h1-9,13H,12H2/b8-4+. The molecular weight excluding hydrogens is 256 g/mol. The Hall–Kier alpha value is -2.31. The van der Waals surface area contributed by atoms with Crippen molar-refractivity contribution >= 4 is 23.4 Å². The average molecular weight is 268 g/mol. The highest BCUT2D eigenvalue weighted by atomic mass is 32.1. The highest BCUT2D eigenvalue weighted by Crippen LogP contribution is 2.09. The number of hydrogen-bond donors (Lipinski definition) is 0. The molecule has 0 saturated heterocycles. The van der Waals surface area contributed by atoms with Crippen molar-refractivity contribution in [2.24, 2.45) is 0 Å². The lowest BCUT2D eigenvalue weighted by Gasteiger charge is -1.93. The second kappa shape index (κ2) is 7.20. The van der Waals surface area contributed by atoms with Gasteiger partial charge in [-0.05, 0) is 35.7 Å². The summed E-state index contributed by atoms with van der Waals surface area (Å²) < 4.78 is 4.97. The van der Waals surface area contributed by atoms with Gasteiger partial charge in [-0.2, -0.15) is 0 Å². The van der Waals surface area contributed by atoms with Gasteiger partial charge in [0, 0.05) is 16.4 Å². The number of hydrogen-bond acceptors (Lipinski definition) is 3. The average Bonchev–Trinajstić information content (AvgIpc) is 2.96. The Morgan fingerprint density at radius 3 is 2.79 bits per heavy atom. The molecule has 19 heavy (non-hydrogen) atoms. The molecule has 94 valence electrons. The lowest BCUT2D eigenvalue weighted by Crippen LogP contribution is -2.00. The fourth-order valence-electron chi connectivity index (χ4n) is 1.35. The van der Waals surface area contributed by atoms with Gasteiger partial charge >= 0.3 is 5.97 Å². The Kier molecular flexibility index (Phi) is 4.97. The molecule has 0 bridgehead atoms. The number of carbonyl (C=O) groups excluding carboxylic acids is 1. The fourth-order valence-corrected chi connectivity index (χ4v) is 2.00. The molecule has 3 heteroatoms. The predicted molar refractivity (Wildman–Crippen MR) is 77.6 cm³/mol. The monoisotopic (exact) mass is 268 g/mol. The number of ether oxygens (including phenoxy) is 1. The van der Waals surface area contributed by atoms with E-state index in [1.54, 1.807) is 17.4 Å². The summed E-state index contributed by atoms with van der Waals surface area (Å²) in [6.07, 6.45) is 3.72. The number of thiophene rings is 1. The van der Waals surface area contributed by atoms with Crippen LogP contribution < -0.4 is 0 Å². The van der Waals surface area contributed by atoms with E-state index in [0.717, 1.165) is 10.4 Å². The molecule has 0 fully saturated rings. The van der Waals surface area contributed by atoms with Crippen LogP contribution in [0.1, 0.15) is 10.4 Å². The van der Waals surface area contributed by atoms with E-state index in [1.165, 1.54) is 0 Å².